The fraction of sp³-hybridized carbons (Fsp3) is 0.588. The first-order valence-electron chi connectivity index (χ1n) is 8.39. The molecule has 2 fully saturated rings. The lowest BCUT2D eigenvalue weighted by Crippen LogP contribution is -2.36. The molecule has 3 heterocycles. The second-order valence-electron chi connectivity index (χ2n) is 6.63. The quantitative estimate of drug-likeness (QED) is 0.912. The summed E-state index contributed by atoms with van der Waals surface area (Å²) >= 11 is 6.08. The maximum Gasteiger partial charge on any atom is 0.124 e. The van der Waals surface area contributed by atoms with Gasteiger partial charge in [0.1, 0.15) is 5.82 Å². The van der Waals surface area contributed by atoms with Crippen molar-refractivity contribution in [3.05, 3.63) is 29.0 Å². The van der Waals surface area contributed by atoms with E-state index >= 15 is 0 Å². The lowest BCUT2D eigenvalue weighted by molar-refractivity contribution is 0.188. The summed E-state index contributed by atoms with van der Waals surface area (Å²) in [6.07, 6.45) is 5.09. The zero-order valence-corrected chi connectivity index (χ0v) is 13.6. The molecule has 2 aliphatic heterocycles. The van der Waals surface area contributed by atoms with E-state index < -0.39 is 0 Å². The lowest BCUT2D eigenvalue weighted by Gasteiger charge is -2.30. The lowest BCUT2D eigenvalue weighted by atomic mass is 9.97. The SMILES string of the molecule is Clc1ccc2nc(C3CCCN3CC3CCNCC3)[nH]c2c1. The van der Waals surface area contributed by atoms with Gasteiger partial charge < -0.3 is 10.3 Å². The van der Waals surface area contributed by atoms with E-state index in [0.717, 1.165) is 27.8 Å². The van der Waals surface area contributed by atoms with Crippen LogP contribution in [0.1, 0.15) is 37.5 Å². The normalized spacial score (nSPS) is 24.3. The molecule has 22 heavy (non-hydrogen) atoms. The standard InChI is InChI=1S/C17H23ClN4/c18-13-3-4-14-15(10-13)21-17(20-14)16-2-1-9-22(16)11-12-5-7-19-8-6-12/h3-4,10,12,16,19H,1-2,5-9,11H2,(H,20,21). The van der Waals surface area contributed by atoms with Gasteiger partial charge in [0.05, 0.1) is 17.1 Å². The summed E-state index contributed by atoms with van der Waals surface area (Å²) in [5.41, 5.74) is 2.07. The first-order valence-corrected chi connectivity index (χ1v) is 8.77. The van der Waals surface area contributed by atoms with Crippen LogP contribution in [-0.2, 0) is 0 Å². The second kappa shape index (κ2) is 6.19. The van der Waals surface area contributed by atoms with Crippen molar-refractivity contribution in [1.82, 2.24) is 20.2 Å². The maximum absolute atomic E-state index is 6.08. The number of halogens is 1. The number of imidazole rings is 1. The summed E-state index contributed by atoms with van der Waals surface area (Å²) in [6.45, 7) is 4.76. The average Bonchev–Trinajstić information content (AvgIpc) is 3.14. The third kappa shape index (κ3) is 2.87. The van der Waals surface area contributed by atoms with E-state index in [1.54, 1.807) is 0 Å². The minimum Gasteiger partial charge on any atom is -0.341 e. The molecule has 2 N–H and O–H groups in total. The number of rotatable bonds is 3. The fourth-order valence-electron chi connectivity index (χ4n) is 3.91. The zero-order chi connectivity index (χ0) is 14.9. The number of H-pyrrole nitrogens is 1. The Morgan fingerprint density at radius 1 is 1.23 bits per heavy atom. The van der Waals surface area contributed by atoms with Crippen LogP contribution in [0.5, 0.6) is 0 Å². The topological polar surface area (TPSA) is 44.0 Å². The minimum atomic E-state index is 0.445. The van der Waals surface area contributed by atoms with E-state index in [2.05, 4.69) is 15.2 Å². The maximum atomic E-state index is 6.08. The molecule has 2 aliphatic rings. The highest BCUT2D eigenvalue weighted by Gasteiger charge is 2.30. The number of fused-ring (bicyclic) bond motifs is 1. The van der Waals surface area contributed by atoms with Crippen LogP contribution in [0.3, 0.4) is 0 Å². The van der Waals surface area contributed by atoms with Gasteiger partial charge in [-0.15, -0.1) is 0 Å². The third-order valence-electron chi connectivity index (χ3n) is 5.09. The molecule has 0 saturated carbocycles. The number of nitrogens with one attached hydrogen (secondary N) is 2. The van der Waals surface area contributed by atoms with Gasteiger partial charge in [0, 0.05) is 11.6 Å². The van der Waals surface area contributed by atoms with Gasteiger partial charge >= 0.3 is 0 Å². The largest absolute Gasteiger partial charge is 0.341 e. The molecule has 1 atom stereocenters. The van der Waals surface area contributed by atoms with Gasteiger partial charge in [-0.2, -0.15) is 0 Å². The number of hydrogen-bond acceptors (Lipinski definition) is 3. The number of aromatic nitrogens is 2. The Bertz CT molecular complexity index is 647. The molecule has 0 radical (unpaired) electrons. The Morgan fingerprint density at radius 2 is 2.09 bits per heavy atom. The molecule has 4 rings (SSSR count). The molecule has 1 unspecified atom stereocenters. The van der Waals surface area contributed by atoms with Gasteiger partial charge in [0.2, 0.25) is 0 Å². The van der Waals surface area contributed by atoms with Gasteiger partial charge in [-0.25, -0.2) is 4.98 Å². The predicted molar refractivity (Wildman–Crippen MR) is 90.2 cm³/mol. The molecular weight excluding hydrogens is 296 g/mol. The highest BCUT2D eigenvalue weighted by molar-refractivity contribution is 6.31. The molecule has 2 saturated heterocycles. The highest BCUT2D eigenvalue weighted by atomic mass is 35.5. The van der Waals surface area contributed by atoms with Crippen molar-refractivity contribution in [2.24, 2.45) is 5.92 Å². The molecule has 1 aromatic carbocycles. The number of piperidine rings is 1. The highest BCUT2D eigenvalue weighted by Crippen LogP contribution is 2.33. The summed E-state index contributed by atoms with van der Waals surface area (Å²) in [4.78, 5) is 10.9. The fourth-order valence-corrected chi connectivity index (χ4v) is 4.08. The smallest absolute Gasteiger partial charge is 0.124 e. The first kappa shape index (κ1) is 14.5. The van der Waals surface area contributed by atoms with Crippen LogP contribution in [0.25, 0.3) is 11.0 Å². The van der Waals surface area contributed by atoms with Crippen LogP contribution < -0.4 is 5.32 Å². The van der Waals surface area contributed by atoms with Gasteiger partial charge in [-0.3, -0.25) is 4.90 Å². The van der Waals surface area contributed by atoms with Crippen LogP contribution in [-0.4, -0.2) is 41.0 Å². The van der Waals surface area contributed by atoms with Crippen molar-refractivity contribution in [2.45, 2.75) is 31.7 Å². The van der Waals surface area contributed by atoms with Crippen LogP contribution in [0.2, 0.25) is 5.02 Å². The third-order valence-corrected chi connectivity index (χ3v) is 5.33. The number of likely N-dealkylation sites (tertiary alicyclic amines) is 1. The number of benzene rings is 1. The Hall–Kier alpha value is -1.10. The van der Waals surface area contributed by atoms with E-state index in [-0.39, 0.29) is 0 Å². The van der Waals surface area contributed by atoms with Crippen molar-refractivity contribution < 1.29 is 0 Å². The van der Waals surface area contributed by atoms with E-state index in [1.807, 2.05) is 18.2 Å². The van der Waals surface area contributed by atoms with Gasteiger partial charge in [0.25, 0.3) is 0 Å². The van der Waals surface area contributed by atoms with Gasteiger partial charge in [0.15, 0.2) is 0 Å². The van der Waals surface area contributed by atoms with E-state index in [1.165, 1.54) is 51.9 Å². The molecule has 1 aromatic heterocycles. The van der Waals surface area contributed by atoms with Gasteiger partial charge in [-0.1, -0.05) is 11.6 Å². The summed E-state index contributed by atoms with van der Waals surface area (Å²) < 4.78 is 0. The number of nitrogens with zero attached hydrogens (tertiary/aromatic N) is 2. The summed E-state index contributed by atoms with van der Waals surface area (Å²) in [7, 11) is 0. The van der Waals surface area contributed by atoms with Crippen molar-refractivity contribution in [1.29, 1.82) is 0 Å². The molecule has 2 aromatic rings. The van der Waals surface area contributed by atoms with Crippen molar-refractivity contribution in [2.75, 3.05) is 26.2 Å². The van der Waals surface area contributed by atoms with Crippen LogP contribution in [0.15, 0.2) is 18.2 Å². The monoisotopic (exact) mass is 318 g/mol. The first-order chi connectivity index (χ1) is 10.8. The molecule has 4 nitrogen and oxygen atoms in total. The predicted octanol–water partition coefficient (Wildman–Crippen LogP) is 3.35. The van der Waals surface area contributed by atoms with Crippen molar-refractivity contribution >= 4 is 22.6 Å². The van der Waals surface area contributed by atoms with Crippen molar-refractivity contribution in [3.8, 4) is 0 Å². The molecule has 0 bridgehead atoms. The summed E-state index contributed by atoms with van der Waals surface area (Å²) in [5.74, 6) is 1.95. The zero-order valence-electron chi connectivity index (χ0n) is 12.8. The van der Waals surface area contributed by atoms with Crippen LogP contribution >= 0.6 is 11.6 Å². The molecule has 118 valence electrons. The molecule has 0 spiro atoms. The Labute approximate surface area is 136 Å². The number of hydrogen-bond donors (Lipinski definition) is 2. The molecule has 0 amide bonds. The summed E-state index contributed by atoms with van der Waals surface area (Å²) in [5, 5.41) is 4.22. The van der Waals surface area contributed by atoms with Gasteiger partial charge in [-0.05, 0) is 69.4 Å². The second-order valence-corrected chi connectivity index (χ2v) is 7.07. The Morgan fingerprint density at radius 3 is 2.95 bits per heavy atom. The molecule has 0 aliphatic carbocycles. The summed E-state index contributed by atoms with van der Waals surface area (Å²) in [6, 6.07) is 6.33. The van der Waals surface area contributed by atoms with E-state index in [9.17, 15) is 0 Å². The van der Waals surface area contributed by atoms with Crippen LogP contribution in [0, 0.1) is 5.92 Å². The molecular formula is C17H23ClN4. The Kier molecular flexibility index (Phi) is 4.07. The van der Waals surface area contributed by atoms with E-state index in [0.29, 0.717) is 6.04 Å². The Balaban J connectivity index is 1.53. The molecule has 5 heteroatoms. The van der Waals surface area contributed by atoms with Crippen LogP contribution in [0.4, 0.5) is 0 Å². The minimum absolute atomic E-state index is 0.445. The van der Waals surface area contributed by atoms with Crippen molar-refractivity contribution in [3.63, 3.8) is 0 Å². The van der Waals surface area contributed by atoms with E-state index in [4.69, 9.17) is 16.6 Å². The number of aromatic amines is 1. The average molecular weight is 319 g/mol.